The normalized spacial score (nSPS) is 20.7. The maximum absolute atomic E-state index is 13.5. The van der Waals surface area contributed by atoms with Crippen molar-refractivity contribution in [3.63, 3.8) is 0 Å². The van der Waals surface area contributed by atoms with Crippen LogP contribution in [0.5, 0.6) is 0 Å². The Morgan fingerprint density at radius 1 is 1.04 bits per heavy atom. The predicted molar refractivity (Wildman–Crippen MR) is 103 cm³/mol. The van der Waals surface area contributed by atoms with Gasteiger partial charge in [-0.1, -0.05) is 34.1 Å². The third kappa shape index (κ3) is 1.72. The van der Waals surface area contributed by atoms with Crippen molar-refractivity contribution in [2.75, 3.05) is 19.0 Å². The van der Waals surface area contributed by atoms with Gasteiger partial charge in [-0.2, -0.15) is 0 Å². The number of hydrogen-bond acceptors (Lipinski definition) is 4. The summed E-state index contributed by atoms with van der Waals surface area (Å²) < 4.78 is 6.54. The quantitative estimate of drug-likeness (QED) is 0.556. The van der Waals surface area contributed by atoms with Crippen molar-refractivity contribution < 1.29 is 14.0 Å². The lowest BCUT2D eigenvalue weighted by atomic mass is 9.84. The van der Waals surface area contributed by atoms with E-state index in [1.165, 1.54) is 16.8 Å². The number of anilines is 1. The number of para-hydroxylation sites is 1. The number of amides is 2. The average Bonchev–Trinajstić information content (AvgIpc) is 3.03. The Kier molecular flexibility index (Phi) is 3.05. The fourth-order valence-electron chi connectivity index (χ4n) is 4.22. The molecule has 1 spiro atoms. The largest absolute Gasteiger partial charge is 0.450 e. The molecule has 7 heteroatoms. The minimum atomic E-state index is -1.51. The fraction of sp³-hybridized carbons (Fsp3) is 0.150. The molecule has 2 aliphatic heterocycles. The van der Waals surface area contributed by atoms with Gasteiger partial charge in [0.1, 0.15) is 5.58 Å². The lowest BCUT2D eigenvalue weighted by Gasteiger charge is -2.30. The van der Waals surface area contributed by atoms with Crippen LogP contribution in [0, 0.1) is 0 Å². The van der Waals surface area contributed by atoms with Crippen molar-refractivity contribution in [1.29, 1.82) is 0 Å². The molecule has 1 atom stereocenters. The summed E-state index contributed by atoms with van der Waals surface area (Å²) in [5, 5.41) is 0.324. The van der Waals surface area contributed by atoms with Crippen molar-refractivity contribution in [1.82, 2.24) is 4.90 Å². The molecule has 27 heavy (non-hydrogen) atoms. The average molecular weight is 425 g/mol. The minimum Gasteiger partial charge on any atom is -0.450 e. The highest BCUT2D eigenvalue weighted by atomic mass is 79.9. The van der Waals surface area contributed by atoms with E-state index in [4.69, 9.17) is 4.42 Å². The second-order valence-electron chi connectivity index (χ2n) is 6.73. The van der Waals surface area contributed by atoms with E-state index in [9.17, 15) is 14.4 Å². The van der Waals surface area contributed by atoms with E-state index in [0.29, 0.717) is 26.7 Å². The molecule has 3 aromatic rings. The maximum atomic E-state index is 13.5. The molecule has 1 unspecified atom stereocenters. The summed E-state index contributed by atoms with van der Waals surface area (Å²) in [5.41, 5.74) is -0.203. The van der Waals surface area contributed by atoms with E-state index < -0.39 is 11.4 Å². The first-order valence-corrected chi connectivity index (χ1v) is 9.11. The van der Waals surface area contributed by atoms with E-state index in [1.54, 1.807) is 43.4 Å². The van der Waals surface area contributed by atoms with Gasteiger partial charge in [0.2, 0.25) is 5.76 Å². The molecule has 0 radical (unpaired) electrons. The molecule has 0 fully saturated rings. The Labute approximate surface area is 162 Å². The highest BCUT2D eigenvalue weighted by Gasteiger charge is 2.63. The first-order valence-electron chi connectivity index (χ1n) is 8.31. The first kappa shape index (κ1) is 16.3. The predicted octanol–water partition coefficient (Wildman–Crippen LogP) is 2.86. The Morgan fingerprint density at radius 2 is 1.78 bits per heavy atom. The van der Waals surface area contributed by atoms with Crippen LogP contribution in [0.3, 0.4) is 0 Å². The summed E-state index contributed by atoms with van der Waals surface area (Å²) in [4.78, 5) is 42.7. The van der Waals surface area contributed by atoms with Crippen LogP contribution in [-0.2, 0) is 10.3 Å². The smallest absolute Gasteiger partial charge is 0.291 e. The van der Waals surface area contributed by atoms with Gasteiger partial charge >= 0.3 is 0 Å². The zero-order valence-electron chi connectivity index (χ0n) is 14.4. The molecule has 0 saturated carbocycles. The van der Waals surface area contributed by atoms with Gasteiger partial charge in [0.15, 0.2) is 11.0 Å². The standard InChI is InChI=1S/C20H13BrN2O4/c1-22-13-6-4-3-5-12(13)20(19(22)26)15-16(24)11-9-10(21)7-8-14(11)27-17(15)18(25)23(20)2/h3-9H,1-2H3. The highest BCUT2D eigenvalue weighted by molar-refractivity contribution is 9.10. The van der Waals surface area contributed by atoms with Gasteiger partial charge in [0.25, 0.3) is 11.8 Å². The van der Waals surface area contributed by atoms with Crippen LogP contribution in [0.2, 0.25) is 0 Å². The molecule has 0 bridgehead atoms. The number of carbonyl (C=O) groups excluding carboxylic acids is 2. The number of hydrogen-bond donors (Lipinski definition) is 0. The molecule has 0 saturated heterocycles. The van der Waals surface area contributed by atoms with Crippen molar-refractivity contribution in [2.45, 2.75) is 5.54 Å². The van der Waals surface area contributed by atoms with Crippen LogP contribution in [-0.4, -0.2) is 30.8 Å². The molecule has 0 N–H and O–H groups in total. The first-order chi connectivity index (χ1) is 12.9. The maximum Gasteiger partial charge on any atom is 0.291 e. The molecular formula is C20H13BrN2O4. The minimum absolute atomic E-state index is 0.0734. The number of fused-ring (bicyclic) bond motifs is 5. The molecule has 134 valence electrons. The van der Waals surface area contributed by atoms with Crippen LogP contribution in [0.25, 0.3) is 11.0 Å². The topological polar surface area (TPSA) is 70.8 Å². The van der Waals surface area contributed by atoms with E-state index in [1.807, 2.05) is 6.07 Å². The number of carbonyl (C=O) groups is 2. The zero-order chi connectivity index (χ0) is 19.1. The summed E-state index contributed by atoms with van der Waals surface area (Å²) in [6.45, 7) is 0. The lowest BCUT2D eigenvalue weighted by Crippen LogP contribution is -2.51. The fourth-order valence-corrected chi connectivity index (χ4v) is 4.59. The Bertz CT molecular complexity index is 1250. The van der Waals surface area contributed by atoms with Gasteiger partial charge in [0, 0.05) is 29.8 Å². The van der Waals surface area contributed by atoms with Gasteiger partial charge in [-0.25, -0.2) is 0 Å². The number of benzene rings is 2. The van der Waals surface area contributed by atoms with Gasteiger partial charge in [0.05, 0.1) is 10.9 Å². The van der Waals surface area contributed by atoms with Gasteiger partial charge in [-0.05, 0) is 24.3 Å². The van der Waals surface area contributed by atoms with Crippen molar-refractivity contribution in [2.24, 2.45) is 0 Å². The van der Waals surface area contributed by atoms with Crippen LogP contribution in [0.1, 0.15) is 21.7 Å². The molecule has 0 aliphatic carbocycles. The third-order valence-electron chi connectivity index (χ3n) is 5.49. The summed E-state index contributed by atoms with van der Waals surface area (Å²) in [7, 11) is 3.18. The molecule has 5 rings (SSSR count). The van der Waals surface area contributed by atoms with E-state index in [0.717, 1.165) is 0 Å². The number of rotatable bonds is 0. The summed E-state index contributed by atoms with van der Waals surface area (Å²) in [5.74, 6) is -0.902. The van der Waals surface area contributed by atoms with E-state index in [2.05, 4.69) is 15.9 Å². The highest BCUT2D eigenvalue weighted by Crippen LogP contribution is 2.51. The van der Waals surface area contributed by atoms with E-state index >= 15 is 0 Å². The van der Waals surface area contributed by atoms with Crippen molar-refractivity contribution in [3.05, 3.63) is 74.0 Å². The molecule has 1 aromatic heterocycles. The Morgan fingerprint density at radius 3 is 2.56 bits per heavy atom. The Balaban J connectivity index is 1.98. The summed E-state index contributed by atoms with van der Waals surface area (Å²) >= 11 is 3.36. The van der Waals surface area contributed by atoms with Crippen LogP contribution in [0.15, 0.2) is 56.1 Å². The van der Waals surface area contributed by atoms with Gasteiger partial charge < -0.3 is 14.2 Å². The number of nitrogens with zero attached hydrogens (tertiary/aromatic N) is 2. The van der Waals surface area contributed by atoms with Crippen LogP contribution < -0.4 is 10.3 Å². The summed E-state index contributed by atoms with van der Waals surface area (Å²) in [6, 6.07) is 12.2. The van der Waals surface area contributed by atoms with Gasteiger partial charge in [-0.3, -0.25) is 14.4 Å². The van der Waals surface area contributed by atoms with Crippen molar-refractivity contribution >= 4 is 44.4 Å². The third-order valence-corrected chi connectivity index (χ3v) is 5.98. The number of likely N-dealkylation sites (N-methyl/N-ethyl adjacent to an activating group) is 2. The molecule has 2 aromatic carbocycles. The molecule has 3 heterocycles. The van der Waals surface area contributed by atoms with Gasteiger partial charge in [-0.15, -0.1) is 0 Å². The molecule has 6 nitrogen and oxygen atoms in total. The lowest BCUT2D eigenvalue weighted by molar-refractivity contribution is -0.125. The zero-order valence-corrected chi connectivity index (χ0v) is 16.0. The molecular weight excluding hydrogens is 412 g/mol. The summed E-state index contributed by atoms with van der Waals surface area (Å²) in [6.07, 6.45) is 0. The SMILES string of the molecule is CN1C(=O)C2(c3ccccc31)c1c(oc3ccc(Br)cc3c1=O)C(=O)N2C. The van der Waals surface area contributed by atoms with Crippen LogP contribution in [0.4, 0.5) is 5.69 Å². The molecule has 2 amide bonds. The second-order valence-corrected chi connectivity index (χ2v) is 7.65. The van der Waals surface area contributed by atoms with Crippen LogP contribution >= 0.6 is 15.9 Å². The Hall–Kier alpha value is -2.93. The van der Waals surface area contributed by atoms with E-state index in [-0.39, 0.29) is 22.7 Å². The molecule has 2 aliphatic rings. The number of halogens is 1. The second kappa shape index (κ2) is 5.07. The van der Waals surface area contributed by atoms with Crippen molar-refractivity contribution in [3.8, 4) is 0 Å². The monoisotopic (exact) mass is 424 g/mol.